The first-order chi connectivity index (χ1) is 9.70. The van der Waals surface area contributed by atoms with Crippen molar-refractivity contribution in [3.63, 3.8) is 0 Å². The number of amides is 1. The van der Waals surface area contributed by atoms with Gasteiger partial charge in [0.2, 0.25) is 5.91 Å². The summed E-state index contributed by atoms with van der Waals surface area (Å²) >= 11 is 0. The van der Waals surface area contributed by atoms with E-state index in [1.807, 2.05) is 31.2 Å². The first-order valence-electron chi connectivity index (χ1n) is 7.41. The first-order valence-corrected chi connectivity index (χ1v) is 7.41. The molecule has 2 rings (SSSR count). The summed E-state index contributed by atoms with van der Waals surface area (Å²) in [6.07, 6.45) is 4.32. The minimum atomic E-state index is 0.0316. The molecule has 110 valence electrons. The van der Waals surface area contributed by atoms with Crippen LogP contribution in [-0.2, 0) is 4.79 Å². The maximum absolute atomic E-state index is 12.2. The van der Waals surface area contributed by atoms with Gasteiger partial charge in [-0.3, -0.25) is 9.69 Å². The van der Waals surface area contributed by atoms with Crippen LogP contribution in [0.3, 0.4) is 0 Å². The topological polar surface area (TPSA) is 52.6 Å². The smallest absolute Gasteiger partial charge is 0.238 e. The number of aryl methyl sites for hydroxylation is 1. The van der Waals surface area contributed by atoms with Crippen molar-refractivity contribution >= 4 is 11.6 Å². The molecule has 0 heterocycles. The lowest BCUT2D eigenvalue weighted by Crippen LogP contribution is -2.45. The summed E-state index contributed by atoms with van der Waals surface area (Å²) in [5.74, 6) is 0.0316. The normalized spacial score (nSPS) is 15.2. The van der Waals surface area contributed by atoms with Gasteiger partial charge in [-0.2, -0.15) is 0 Å². The molecular formula is C16H24N2O2. The molecule has 20 heavy (non-hydrogen) atoms. The molecule has 0 spiro atoms. The minimum absolute atomic E-state index is 0.0316. The van der Waals surface area contributed by atoms with Gasteiger partial charge in [0, 0.05) is 24.9 Å². The number of anilines is 1. The van der Waals surface area contributed by atoms with Gasteiger partial charge in [-0.25, -0.2) is 0 Å². The molecule has 1 aromatic carbocycles. The average Bonchev–Trinajstić information content (AvgIpc) is 2.36. The lowest BCUT2D eigenvalue weighted by Gasteiger charge is -2.37. The third kappa shape index (κ3) is 4.05. The Morgan fingerprint density at radius 1 is 1.40 bits per heavy atom. The van der Waals surface area contributed by atoms with E-state index in [1.54, 1.807) is 0 Å². The molecule has 0 saturated heterocycles. The summed E-state index contributed by atoms with van der Waals surface area (Å²) < 4.78 is 0. The van der Waals surface area contributed by atoms with Gasteiger partial charge in [0.1, 0.15) is 0 Å². The second-order valence-corrected chi connectivity index (χ2v) is 5.50. The molecule has 0 atom stereocenters. The van der Waals surface area contributed by atoms with E-state index >= 15 is 0 Å². The monoisotopic (exact) mass is 276 g/mol. The van der Waals surface area contributed by atoms with E-state index in [-0.39, 0.29) is 12.5 Å². The van der Waals surface area contributed by atoms with Crippen LogP contribution in [0.15, 0.2) is 24.3 Å². The third-order valence-corrected chi connectivity index (χ3v) is 3.96. The SMILES string of the molecule is Cc1ccccc1NC(=O)CN(CCCO)C1CCC1. The molecule has 1 aliphatic rings. The van der Waals surface area contributed by atoms with Crippen LogP contribution in [0.2, 0.25) is 0 Å². The number of aliphatic hydroxyl groups is 1. The van der Waals surface area contributed by atoms with Gasteiger partial charge < -0.3 is 10.4 Å². The van der Waals surface area contributed by atoms with Gasteiger partial charge in [0.05, 0.1) is 6.54 Å². The highest BCUT2D eigenvalue weighted by atomic mass is 16.3. The fourth-order valence-corrected chi connectivity index (χ4v) is 2.50. The van der Waals surface area contributed by atoms with E-state index in [4.69, 9.17) is 5.11 Å². The van der Waals surface area contributed by atoms with E-state index in [1.165, 1.54) is 19.3 Å². The molecule has 0 aliphatic heterocycles. The Hall–Kier alpha value is -1.39. The Labute approximate surface area is 120 Å². The molecular weight excluding hydrogens is 252 g/mol. The Morgan fingerprint density at radius 2 is 2.15 bits per heavy atom. The Morgan fingerprint density at radius 3 is 2.75 bits per heavy atom. The zero-order valence-corrected chi connectivity index (χ0v) is 12.1. The summed E-state index contributed by atoms with van der Waals surface area (Å²) in [5.41, 5.74) is 1.96. The lowest BCUT2D eigenvalue weighted by molar-refractivity contribution is -0.118. The number of rotatable bonds is 7. The Balaban J connectivity index is 1.89. The lowest BCUT2D eigenvalue weighted by atomic mass is 9.91. The highest BCUT2D eigenvalue weighted by Gasteiger charge is 2.26. The fourth-order valence-electron chi connectivity index (χ4n) is 2.50. The van der Waals surface area contributed by atoms with Crippen molar-refractivity contribution < 1.29 is 9.90 Å². The molecule has 0 unspecified atom stereocenters. The summed E-state index contributed by atoms with van der Waals surface area (Å²) in [7, 11) is 0. The highest BCUT2D eigenvalue weighted by molar-refractivity contribution is 5.92. The van der Waals surface area contributed by atoms with Crippen LogP contribution in [0.4, 0.5) is 5.69 Å². The van der Waals surface area contributed by atoms with Crippen LogP contribution in [0.5, 0.6) is 0 Å². The van der Waals surface area contributed by atoms with Gasteiger partial charge in [-0.1, -0.05) is 24.6 Å². The van der Waals surface area contributed by atoms with Crippen LogP contribution in [-0.4, -0.2) is 41.7 Å². The standard InChI is InChI=1S/C16H24N2O2/c1-13-6-2-3-9-15(13)17-16(20)12-18(10-5-11-19)14-7-4-8-14/h2-3,6,9,14,19H,4-5,7-8,10-12H2,1H3,(H,17,20). The summed E-state index contributed by atoms with van der Waals surface area (Å²) in [5, 5.41) is 11.9. The van der Waals surface area contributed by atoms with Crippen molar-refractivity contribution in [2.24, 2.45) is 0 Å². The van der Waals surface area contributed by atoms with Gasteiger partial charge >= 0.3 is 0 Å². The van der Waals surface area contributed by atoms with Gasteiger partial charge in [0.25, 0.3) is 0 Å². The maximum Gasteiger partial charge on any atom is 0.238 e. The molecule has 0 radical (unpaired) electrons. The van der Waals surface area contributed by atoms with Crippen LogP contribution in [0, 0.1) is 6.92 Å². The van der Waals surface area contributed by atoms with Crippen molar-refractivity contribution in [1.29, 1.82) is 0 Å². The quantitative estimate of drug-likeness (QED) is 0.802. The number of aliphatic hydroxyl groups excluding tert-OH is 1. The van der Waals surface area contributed by atoms with E-state index in [2.05, 4.69) is 10.2 Å². The molecule has 1 aromatic rings. The second kappa shape index (κ2) is 7.41. The van der Waals surface area contributed by atoms with Crippen molar-refractivity contribution in [2.75, 3.05) is 25.0 Å². The van der Waals surface area contributed by atoms with Crippen molar-refractivity contribution in [3.8, 4) is 0 Å². The Bertz CT molecular complexity index is 444. The maximum atomic E-state index is 12.2. The molecule has 4 nitrogen and oxygen atoms in total. The number of carbonyl (C=O) groups is 1. The number of para-hydroxylation sites is 1. The second-order valence-electron chi connectivity index (χ2n) is 5.50. The number of nitrogens with one attached hydrogen (secondary N) is 1. The summed E-state index contributed by atoms with van der Waals surface area (Å²) in [4.78, 5) is 14.4. The zero-order valence-electron chi connectivity index (χ0n) is 12.1. The fraction of sp³-hybridized carbons (Fsp3) is 0.562. The molecule has 0 bridgehead atoms. The summed E-state index contributed by atoms with van der Waals surface area (Å²) in [6, 6.07) is 8.33. The van der Waals surface area contributed by atoms with Crippen molar-refractivity contribution in [1.82, 2.24) is 4.90 Å². The molecule has 1 fully saturated rings. The number of benzene rings is 1. The number of hydrogen-bond acceptors (Lipinski definition) is 3. The number of carbonyl (C=O) groups excluding carboxylic acids is 1. The van der Waals surface area contributed by atoms with Crippen LogP contribution < -0.4 is 5.32 Å². The van der Waals surface area contributed by atoms with E-state index in [9.17, 15) is 4.79 Å². The molecule has 2 N–H and O–H groups in total. The predicted molar refractivity (Wildman–Crippen MR) is 80.7 cm³/mol. The average molecular weight is 276 g/mol. The zero-order chi connectivity index (χ0) is 14.4. The number of hydrogen-bond donors (Lipinski definition) is 2. The van der Waals surface area contributed by atoms with E-state index in [0.717, 1.165) is 24.2 Å². The summed E-state index contributed by atoms with van der Waals surface area (Å²) in [6.45, 7) is 3.38. The highest BCUT2D eigenvalue weighted by Crippen LogP contribution is 2.24. The van der Waals surface area contributed by atoms with Crippen LogP contribution >= 0.6 is 0 Å². The van der Waals surface area contributed by atoms with Gasteiger partial charge in [0.15, 0.2) is 0 Å². The van der Waals surface area contributed by atoms with Crippen LogP contribution in [0.1, 0.15) is 31.2 Å². The minimum Gasteiger partial charge on any atom is -0.396 e. The third-order valence-electron chi connectivity index (χ3n) is 3.96. The van der Waals surface area contributed by atoms with Crippen molar-refractivity contribution in [3.05, 3.63) is 29.8 Å². The largest absolute Gasteiger partial charge is 0.396 e. The van der Waals surface area contributed by atoms with Gasteiger partial charge in [-0.15, -0.1) is 0 Å². The molecule has 4 heteroatoms. The molecule has 1 aliphatic carbocycles. The molecule has 0 aromatic heterocycles. The van der Waals surface area contributed by atoms with E-state index < -0.39 is 0 Å². The molecule has 1 saturated carbocycles. The Kier molecular flexibility index (Phi) is 5.56. The number of nitrogens with zero attached hydrogens (tertiary/aromatic N) is 1. The van der Waals surface area contributed by atoms with Gasteiger partial charge in [-0.05, 0) is 37.8 Å². The van der Waals surface area contributed by atoms with Crippen LogP contribution in [0.25, 0.3) is 0 Å². The molecule has 1 amide bonds. The first kappa shape index (κ1) is 15.0. The van der Waals surface area contributed by atoms with E-state index in [0.29, 0.717) is 12.6 Å². The predicted octanol–water partition coefficient (Wildman–Crippen LogP) is 2.17. The van der Waals surface area contributed by atoms with Crippen molar-refractivity contribution in [2.45, 2.75) is 38.6 Å².